The second kappa shape index (κ2) is 4.96. The van der Waals surface area contributed by atoms with Crippen LogP contribution in [0.15, 0.2) is 25.6 Å². The Kier molecular flexibility index (Phi) is 3.99. The molecule has 2 nitrogen and oxygen atoms in total. The molecule has 0 saturated carbocycles. The molecule has 0 amide bonds. The number of benzene rings is 1. The molecular formula is C11H11Br3O2. The minimum atomic E-state index is -0.143. The normalized spacial score (nSPS) is 18.0. The van der Waals surface area contributed by atoms with Gasteiger partial charge in [0.25, 0.3) is 0 Å². The quantitative estimate of drug-likeness (QED) is 0.676. The fourth-order valence-corrected chi connectivity index (χ4v) is 2.84. The molecule has 88 valence electrons. The molecule has 0 radical (unpaired) electrons. The smallest absolute Gasteiger partial charge is 0.155 e. The van der Waals surface area contributed by atoms with Gasteiger partial charge in [0.15, 0.2) is 5.60 Å². The topological polar surface area (TPSA) is 18.5 Å². The molecule has 1 saturated heterocycles. The third kappa shape index (κ3) is 2.33. The predicted molar refractivity (Wildman–Crippen MR) is 74.0 cm³/mol. The molecule has 0 aromatic heterocycles. The van der Waals surface area contributed by atoms with Gasteiger partial charge in [-0.25, -0.2) is 0 Å². The van der Waals surface area contributed by atoms with Gasteiger partial charge >= 0.3 is 0 Å². The zero-order chi connectivity index (χ0) is 11.8. The molecule has 5 heteroatoms. The van der Waals surface area contributed by atoms with Crippen molar-refractivity contribution >= 4 is 47.8 Å². The zero-order valence-corrected chi connectivity index (χ0v) is 13.5. The van der Waals surface area contributed by atoms with Crippen molar-refractivity contribution in [2.45, 2.75) is 18.9 Å². The van der Waals surface area contributed by atoms with Gasteiger partial charge in [-0.2, -0.15) is 0 Å². The molecule has 0 bridgehead atoms. The van der Waals surface area contributed by atoms with E-state index in [-0.39, 0.29) is 5.60 Å². The van der Waals surface area contributed by atoms with E-state index in [4.69, 9.17) is 9.47 Å². The first-order chi connectivity index (χ1) is 7.58. The standard InChI is InChI=1S/C11H11Br3O2/c1-2-11(5-15-6-11)16-8-4-3-7(12)9(13)10(8)14/h3-4H,2,5-6H2,1H3. The summed E-state index contributed by atoms with van der Waals surface area (Å²) in [4.78, 5) is 0. The summed E-state index contributed by atoms with van der Waals surface area (Å²) in [6.45, 7) is 3.46. The van der Waals surface area contributed by atoms with E-state index in [1.54, 1.807) is 0 Å². The summed E-state index contributed by atoms with van der Waals surface area (Å²) in [5.41, 5.74) is -0.143. The van der Waals surface area contributed by atoms with Crippen LogP contribution in [-0.2, 0) is 4.74 Å². The Bertz CT molecular complexity index is 397. The van der Waals surface area contributed by atoms with Crippen molar-refractivity contribution in [2.24, 2.45) is 0 Å². The first-order valence-corrected chi connectivity index (χ1v) is 7.36. The predicted octanol–water partition coefficient (Wildman–Crippen LogP) is 4.53. The highest BCUT2D eigenvalue weighted by molar-refractivity contribution is 9.14. The molecule has 0 atom stereocenters. The van der Waals surface area contributed by atoms with E-state index in [1.165, 1.54) is 0 Å². The minimum absolute atomic E-state index is 0.143. The zero-order valence-electron chi connectivity index (χ0n) is 8.73. The van der Waals surface area contributed by atoms with Gasteiger partial charge in [-0.05, 0) is 66.3 Å². The highest BCUT2D eigenvalue weighted by Gasteiger charge is 2.39. The summed E-state index contributed by atoms with van der Waals surface area (Å²) in [6, 6.07) is 3.92. The van der Waals surface area contributed by atoms with E-state index in [2.05, 4.69) is 54.7 Å². The summed E-state index contributed by atoms with van der Waals surface area (Å²) in [6.07, 6.45) is 0.952. The average molecular weight is 415 g/mol. The second-order valence-corrected chi connectivity index (χ2v) is 6.25. The lowest BCUT2D eigenvalue weighted by Crippen LogP contribution is -2.53. The maximum Gasteiger partial charge on any atom is 0.155 e. The Morgan fingerprint density at radius 2 is 1.94 bits per heavy atom. The molecule has 1 heterocycles. The molecule has 2 rings (SSSR count). The lowest BCUT2D eigenvalue weighted by atomic mass is 9.99. The Morgan fingerprint density at radius 3 is 2.44 bits per heavy atom. The van der Waals surface area contributed by atoms with Crippen molar-refractivity contribution in [2.75, 3.05) is 13.2 Å². The average Bonchev–Trinajstić information content (AvgIpc) is 2.23. The van der Waals surface area contributed by atoms with Crippen LogP contribution in [0.4, 0.5) is 0 Å². The van der Waals surface area contributed by atoms with E-state index in [9.17, 15) is 0 Å². The number of halogens is 3. The summed E-state index contributed by atoms with van der Waals surface area (Å²) in [7, 11) is 0. The molecule has 16 heavy (non-hydrogen) atoms. The van der Waals surface area contributed by atoms with E-state index in [0.717, 1.165) is 25.6 Å². The van der Waals surface area contributed by atoms with Crippen molar-refractivity contribution in [3.05, 3.63) is 25.6 Å². The van der Waals surface area contributed by atoms with E-state index in [0.29, 0.717) is 13.2 Å². The van der Waals surface area contributed by atoms with Gasteiger partial charge in [0, 0.05) is 8.95 Å². The van der Waals surface area contributed by atoms with Crippen LogP contribution in [0.3, 0.4) is 0 Å². The highest BCUT2D eigenvalue weighted by Crippen LogP contribution is 2.40. The second-order valence-electron chi connectivity index (χ2n) is 3.80. The molecule has 0 N–H and O–H groups in total. The molecule has 1 aliphatic rings. The van der Waals surface area contributed by atoms with Crippen LogP contribution >= 0.6 is 47.8 Å². The lowest BCUT2D eigenvalue weighted by molar-refractivity contribution is -0.162. The molecule has 1 aromatic carbocycles. The number of ether oxygens (including phenoxy) is 2. The Balaban J connectivity index is 2.25. The van der Waals surface area contributed by atoms with Gasteiger partial charge in [-0.3, -0.25) is 0 Å². The van der Waals surface area contributed by atoms with Crippen LogP contribution < -0.4 is 4.74 Å². The largest absolute Gasteiger partial charge is 0.481 e. The molecular weight excluding hydrogens is 404 g/mol. The molecule has 0 aliphatic carbocycles. The van der Waals surface area contributed by atoms with Gasteiger partial charge in [0.1, 0.15) is 5.75 Å². The SMILES string of the molecule is CCC1(Oc2ccc(Br)c(Br)c2Br)COC1. The maximum atomic E-state index is 6.03. The van der Waals surface area contributed by atoms with Crippen LogP contribution in [0.1, 0.15) is 13.3 Å². The van der Waals surface area contributed by atoms with Gasteiger partial charge in [0.05, 0.1) is 17.7 Å². The van der Waals surface area contributed by atoms with Gasteiger partial charge in [-0.15, -0.1) is 0 Å². The van der Waals surface area contributed by atoms with Gasteiger partial charge < -0.3 is 9.47 Å². The van der Waals surface area contributed by atoms with Crippen molar-refractivity contribution in [3.8, 4) is 5.75 Å². The molecule has 1 fully saturated rings. The Labute approximate surface area is 120 Å². The first kappa shape index (κ1) is 12.9. The van der Waals surface area contributed by atoms with E-state index in [1.807, 2.05) is 12.1 Å². The van der Waals surface area contributed by atoms with E-state index < -0.39 is 0 Å². The lowest BCUT2D eigenvalue weighted by Gasteiger charge is -2.41. The highest BCUT2D eigenvalue weighted by atomic mass is 79.9. The maximum absolute atomic E-state index is 6.03. The number of hydrogen-bond donors (Lipinski definition) is 0. The fraction of sp³-hybridized carbons (Fsp3) is 0.455. The van der Waals surface area contributed by atoms with Crippen LogP contribution in [0.5, 0.6) is 5.75 Å². The van der Waals surface area contributed by atoms with Crippen LogP contribution in [0, 0.1) is 0 Å². The summed E-state index contributed by atoms with van der Waals surface area (Å²) in [5, 5.41) is 0. The fourth-order valence-electron chi connectivity index (χ4n) is 1.49. The van der Waals surface area contributed by atoms with Gasteiger partial charge in [0.2, 0.25) is 0 Å². The number of hydrogen-bond acceptors (Lipinski definition) is 2. The summed E-state index contributed by atoms with van der Waals surface area (Å²) >= 11 is 10.5. The monoisotopic (exact) mass is 412 g/mol. The third-order valence-electron chi connectivity index (χ3n) is 2.70. The van der Waals surface area contributed by atoms with Crippen LogP contribution in [0.2, 0.25) is 0 Å². The van der Waals surface area contributed by atoms with Gasteiger partial charge in [-0.1, -0.05) is 6.92 Å². The Morgan fingerprint density at radius 1 is 1.25 bits per heavy atom. The summed E-state index contributed by atoms with van der Waals surface area (Å²) < 4.78 is 14.2. The molecule has 1 aromatic rings. The Hall–Kier alpha value is 0.420. The minimum Gasteiger partial charge on any atom is -0.481 e. The van der Waals surface area contributed by atoms with Crippen LogP contribution in [-0.4, -0.2) is 18.8 Å². The van der Waals surface area contributed by atoms with Crippen molar-refractivity contribution in [1.29, 1.82) is 0 Å². The van der Waals surface area contributed by atoms with Crippen molar-refractivity contribution < 1.29 is 9.47 Å². The summed E-state index contributed by atoms with van der Waals surface area (Å²) in [5.74, 6) is 0.847. The number of rotatable bonds is 3. The van der Waals surface area contributed by atoms with Crippen LogP contribution in [0.25, 0.3) is 0 Å². The van der Waals surface area contributed by atoms with E-state index >= 15 is 0 Å². The molecule has 1 aliphatic heterocycles. The molecule has 0 unspecified atom stereocenters. The van der Waals surface area contributed by atoms with Crippen molar-refractivity contribution in [1.82, 2.24) is 0 Å². The molecule has 0 spiro atoms. The first-order valence-electron chi connectivity index (χ1n) is 4.98. The third-order valence-corrected chi connectivity index (χ3v) is 6.04. The van der Waals surface area contributed by atoms with Crippen molar-refractivity contribution in [3.63, 3.8) is 0 Å².